The van der Waals surface area contributed by atoms with E-state index < -0.39 is 0 Å². The summed E-state index contributed by atoms with van der Waals surface area (Å²) in [5, 5.41) is 0. The van der Waals surface area contributed by atoms with Crippen LogP contribution in [-0.4, -0.2) is 17.5 Å². The third-order valence-electron chi connectivity index (χ3n) is 3.70. The van der Waals surface area contributed by atoms with Crippen LogP contribution in [-0.2, 0) is 13.1 Å². The van der Waals surface area contributed by atoms with Crippen molar-refractivity contribution >= 4 is 15.9 Å². The minimum absolute atomic E-state index is 0.611. The quantitative estimate of drug-likeness (QED) is 0.924. The molecule has 94 valence electrons. The highest BCUT2D eigenvalue weighted by Crippen LogP contribution is 2.26. The molecule has 17 heavy (non-hydrogen) atoms. The second kappa shape index (κ2) is 5.98. The van der Waals surface area contributed by atoms with Crippen molar-refractivity contribution in [2.75, 3.05) is 6.54 Å². The van der Waals surface area contributed by atoms with Crippen molar-refractivity contribution in [3.8, 4) is 0 Å². The molecule has 1 heterocycles. The number of nitrogens with two attached hydrogens (primary N) is 1. The standard InChI is InChI=1S/C14H21BrN2/c1-2-13-4-3-7-17(13)10-12-6-5-11(9-16)8-14(12)15/h5-6,8,13H,2-4,7,9-10,16H2,1H3. The average molecular weight is 297 g/mol. The number of rotatable bonds is 4. The SMILES string of the molecule is CCC1CCCN1Cc1ccc(CN)cc1Br. The van der Waals surface area contributed by atoms with Gasteiger partial charge in [0.1, 0.15) is 0 Å². The van der Waals surface area contributed by atoms with Gasteiger partial charge in [0.05, 0.1) is 0 Å². The average Bonchev–Trinajstić information content (AvgIpc) is 2.79. The maximum Gasteiger partial charge on any atom is 0.0247 e. The molecule has 1 atom stereocenters. The molecule has 2 N–H and O–H groups in total. The Labute approximate surface area is 112 Å². The highest BCUT2D eigenvalue weighted by molar-refractivity contribution is 9.10. The molecule has 0 spiro atoms. The Kier molecular flexibility index (Phi) is 4.60. The first-order chi connectivity index (χ1) is 8.24. The fourth-order valence-corrected chi connectivity index (χ4v) is 3.18. The zero-order chi connectivity index (χ0) is 12.3. The van der Waals surface area contributed by atoms with Crippen molar-refractivity contribution in [2.24, 2.45) is 5.73 Å². The van der Waals surface area contributed by atoms with Crippen molar-refractivity contribution in [1.82, 2.24) is 4.90 Å². The van der Waals surface area contributed by atoms with E-state index in [1.807, 2.05) is 0 Å². The van der Waals surface area contributed by atoms with Crippen LogP contribution in [0.1, 0.15) is 37.3 Å². The topological polar surface area (TPSA) is 29.3 Å². The van der Waals surface area contributed by atoms with Crippen molar-refractivity contribution < 1.29 is 0 Å². The molecule has 2 rings (SSSR count). The second-order valence-electron chi connectivity index (χ2n) is 4.80. The van der Waals surface area contributed by atoms with Crippen molar-refractivity contribution in [3.05, 3.63) is 33.8 Å². The summed E-state index contributed by atoms with van der Waals surface area (Å²) >= 11 is 3.65. The van der Waals surface area contributed by atoms with Gasteiger partial charge in [-0.25, -0.2) is 0 Å². The van der Waals surface area contributed by atoms with E-state index in [2.05, 4.69) is 46.0 Å². The first-order valence-corrected chi connectivity index (χ1v) is 7.25. The fraction of sp³-hybridized carbons (Fsp3) is 0.571. The van der Waals surface area contributed by atoms with Crippen LogP contribution in [0.2, 0.25) is 0 Å². The Morgan fingerprint density at radius 3 is 2.94 bits per heavy atom. The fourth-order valence-electron chi connectivity index (χ4n) is 2.63. The van der Waals surface area contributed by atoms with Gasteiger partial charge >= 0.3 is 0 Å². The van der Waals surface area contributed by atoms with E-state index in [0.29, 0.717) is 6.54 Å². The second-order valence-corrected chi connectivity index (χ2v) is 5.66. The first-order valence-electron chi connectivity index (χ1n) is 6.46. The molecular formula is C14H21BrN2. The van der Waals surface area contributed by atoms with Gasteiger partial charge in [0.2, 0.25) is 0 Å². The van der Waals surface area contributed by atoms with Crippen LogP contribution in [0.3, 0.4) is 0 Å². The first kappa shape index (κ1) is 13.1. The Hall–Kier alpha value is -0.380. The zero-order valence-electron chi connectivity index (χ0n) is 10.5. The van der Waals surface area contributed by atoms with E-state index in [-0.39, 0.29) is 0 Å². The summed E-state index contributed by atoms with van der Waals surface area (Å²) in [6, 6.07) is 7.26. The summed E-state index contributed by atoms with van der Waals surface area (Å²) in [7, 11) is 0. The summed E-state index contributed by atoms with van der Waals surface area (Å²) < 4.78 is 1.20. The van der Waals surface area contributed by atoms with Gasteiger partial charge in [-0.1, -0.05) is 35.0 Å². The van der Waals surface area contributed by atoms with Crippen LogP contribution in [0.25, 0.3) is 0 Å². The van der Waals surface area contributed by atoms with Crippen LogP contribution in [0, 0.1) is 0 Å². The van der Waals surface area contributed by atoms with Crippen molar-refractivity contribution in [3.63, 3.8) is 0 Å². The van der Waals surface area contributed by atoms with E-state index in [9.17, 15) is 0 Å². The molecule has 0 aromatic heterocycles. The molecule has 0 aliphatic carbocycles. The van der Waals surface area contributed by atoms with Crippen LogP contribution in [0.5, 0.6) is 0 Å². The van der Waals surface area contributed by atoms with E-state index >= 15 is 0 Å². The van der Waals surface area contributed by atoms with Crippen molar-refractivity contribution in [1.29, 1.82) is 0 Å². The number of nitrogens with zero attached hydrogens (tertiary/aromatic N) is 1. The van der Waals surface area contributed by atoms with E-state index in [4.69, 9.17) is 5.73 Å². The molecular weight excluding hydrogens is 276 g/mol. The lowest BCUT2D eigenvalue weighted by atomic mass is 10.1. The minimum Gasteiger partial charge on any atom is -0.326 e. The van der Waals surface area contributed by atoms with E-state index in [1.54, 1.807) is 0 Å². The molecule has 1 aromatic carbocycles. The van der Waals surface area contributed by atoms with Gasteiger partial charge in [0.25, 0.3) is 0 Å². The molecule has 0 saturated carbocycles. The Balaban J connectivity index is 2.08. The van der Waals surface area contributed by atoms with Crippen LogP contribution < -0.4 is 5.73 Å². The number of hydrogen-bond donors (Lipinski definition) is 1. The largest absolute Gasteiger partial charge is 0.326 e. The lowest BCUT2D eigenvalue weighted by molar-refractivity contribution is 0.239. The lowest BCUT2D eigenvalue weighted by Crippen LogP contribution is -2.28. The molecule has 0 radical (unpaired) electrons. The summed E-state index contributed by atoms with van der Waals surface area (Å²) in [4.78, 5) is 2.60. The third kappa shape index (κ3) is 3.09. The van der Waals surface area contributed by atoms with Gasteiger partial charge in [0.15, 0.2) is 0 Å². The number of likely N-dealkylation sites (tertiary alicyclic amines) is 1. The summed E-state index contributed by atoms with van der Waals surface area (Å²) in [5.41, 5.74) is 8.21. The van der Waals surface area contributed by atoms with E-state index in [0.717, 1.165) is 12.6 Å². The van der Waals surface area contributed by atoms with Gasteiger partial charge in [0, 0.05) is 23.6 Å². The third-order valence-corrected chi connectivity index (χ3v) is 4.44. The molecule has 1 aliphatic heterocycles. The molecule has 3 heteroatoms. The highest BCUT2D eigenvalue weighted by atomic mass is 79.9. The Morgan fingerprint density at radius 1 is 1.47 bits per heavy atom. The molecule has 0 bridgehead atoms. The molecule has 1 aromatic rings. The smallest absolute Gasteiger partial charge is 0.0247 e. The maximum atomic E-state index is 5.64. The lowest BCUT2D eigenvalue weighted by Gasteiger charge is -2.24. The van der Waals surface area contributed by atoms with Crippen LogP contribution >= 0.6 is 15.9 Å². The molecule has 0 amide bonds. The van der Waals surface area contributed by atoms with Gasteiger partial charge < -0.3 is 5.73 Å². The maximum absolute atomic E-state index is 5.64. The predicted molar refractivity (Wildman–Crippen MR) is 75.8 cm³/mol. The van der Waals surface area contributed by atoms with Gasteiger partial charge in [-0.2, -0.15) is 0 Å². The molecule has 1 unspecified atom stereocenters. The van der Waals surface area contributed by atoms with Crippen molar-refractivity contribution in [2.45, 2.75) is 45.3 Å². The summed E-state index contributed by atoms with van der Waals surface area (Å²) in [6.45, 7) is 5.20. The van der Waals surface area contributed by atoms with E-state index in [1.165, 1.54) is 41.4 Å². The molecule has 1 aliphatic rings. The molecule has 1 fully saturated rings. The summed E-state index contributed by atoms with van der Waals surface area (Å²) in [5.74, 6) is 0. The van der Waals surface area contributed by atoms with Crippen LogP contribution in [0.15, 0.2) is 22.7 Å². The predicted octanol–water partition coefficient (Wildman–Crippen LogP) is 3.28. The Morgan fingerprint density at radius 2 is 2.29 bits per heavy atom. The highest BCUT2D eigenvalue weighted by Gasteiger charge is 2.23. The molecule has 1 saturated heterocycles. The number of hydrogen-bond acceptors (Lipinski definition) is 2. The van der Waals surface area contributed by atoms with Crippen LogP contribution in [0.4, 0.5) is 0 Å². The summed E-state index contributed by atoms with van der Waals surface area (Å²) in [6.07, 6.45) is 3.96. The normalized spacial score (nSPS) is 21.0. The Bertz CT molecular complexity index is 378. The number of halogens is 1. The monoisotopic (exact) mass is 296 g/mol. The molecule has 2 nitrogen and oxygen atoms in total. The van der Waals surface area contributed by atoms with Gasteiger partial charge in [-0.15, -0.1) is 0 Å². The van der Waals surface area contributed by atoms with Gasteiger partial charge in [-0.3, -0.25) is 4.90 Å². The van der Waals surface area contributed by atoms with Gasteiger partial charge in [-0.05, 0) is 43.0 Å². The zero-order valence-corrected chi connectivity index (χ0v) is 12.0. The minimum atomic E-state index is 0.611. The number of benzene rings is 1.